The fourth-order valence-corrected chi connectivity index (χ4v) is 4.12. The minimum Gasteiger partial charge on any atom is -1.00 e. The Kier molecular flexibility index (Phi) is 7.59. The first-order valence-electron chi connectivity index (χ1n) is 8.14. The molecular weight excluding hydrogens is 446 g/mol. The van der Waals surface area contributed by atoms with Gasteiger partial charge in [0.25, 0.3) is 0 Å². The van der Waals surface area contributed by atoms with Gasteiger partial charge in [-0.1, -0.05) is 40.9 Å². The predicted octanol–water partition coefficient (Wildman–Crippen LogP) is 1.46. The molecule has 1 heterocycles. The molecule has 0 amide bonds. The maximum atomic E-state index is 13.0. The number of carbonyl (C=O) groups is 1. The molecule has 0 radical (unpaired) electrons. The van der Waals surface area contributed by atoms with E-state index < -0.39 is 15.9 Å². The molecule has 0 atom stereocenters. The topological polar surface area (TPSA) is 78.3 Å². The van der Waals surface area contributed by atoms with E-state index in [1.165, 1.54) is 42.1 Å². The van der Waals surface area contributed by atoms with Crippen LogP contribution in [-0.2, 0) is 17.2 Å². The Hall–Kier alpha value is -1.35. The van der Waals surface area contributed by atoms with Crippen LogP contribution in [0.4, 0.5) is 0 Å². The molecule has 29 heavy (non-hydrogen) atoms. The fraction of sp³-hybridized carbons (Fsp3) is 0.158. The van der Waals surface area contributed by atoms with Crippen molar-refractivity contribution >= 4 is 39.1 Å². The van der Waals surface area contributed by atoms with E-state index in [4.69, 9.17) is 27.4 Å². The number of aryl methyl sites for hydroxylation is 3. The number of benzene rings is 2. The van der Waals surface area contributed by atoms with E-state index in [2.05, 4.69) is 5.10 Å². The largest absolute Gasteiger partial charge is 1.00 e. The standard InChI is InChI=1S/C19H16Cl2N2O4S.Na.H/c1-11-4-7-14(8-5-11)28(25,26)27-19-17(12(2)22-23(19)3)18(24)15-9-6-13(20)10-16(15)21;;/h4-10H,1-3H3;;/q;+1;-1. The molecule has 2 aromatic carbocycles. The number of ketones is 1. The maximum absolute atomic E-state index is 13.0. The minimum atomic E-state index is -4.16. The molecule has 0 spiro atoms. The summed E-state index contributed by atoms with van der Waals surface area (Å²) in [6.07, 6.45) is 0. The summed E-state index contributed by atoms with van der Waals surface area (Å²) >= 11 is 12.0. The van der Waals surface area contributed by atoms with Crippen LogP contribution in [0.2, 0.25) is 10.0 Å². The van der Waals surface area contributed by atoms with Gasteiger partial charge < -0.3 is 5.61 Å². The molecule has 6 nitrogen and oxygen atoms in total. The van der Waals surface area contributed by atoms with E-state index in [-0.39, 0.29) is 57.9 Å². The Morgan fingerprint density at radius 2 is 1.72 bits per heavy atom. The quantitative estimate of drug-likeness (QED) is 0.325. The Labute approximate surface area is 202 Å². The summed E-state index contributed by atoms with van der Waals surface area (Å²) in [4.78, 5) is 13.0. The van der Waals surface area contributed by atoms with Crippen molar-refractivity contribution in [1.29, 1.82) is 0 Å². The van der Waals surface area contributed by atoms with Gasteiger partial charge in [-0.05, 0) is 44.2 Å². The number of halogens is 2. The van der Waals surface area contributed by atoms with Crippen molar-refractivity contribution in [2.75, 3.05) is 0 Å². The number of hydrogen-bond donors (Lipinski definition) is 0. The number of hydrogen-bond acceptors (Lipinski definition) is 5. The second-order valence-corrected chi connectivity index (χ2v) is 8.58. The molecule has 148 valence electrons. The molecule has 0 saturated heterocycles. The minimum absolute atomic E-state index is 0. The van der Waals surface area contributed by atoms with Crippen molar-refractivity contribution < 1.29 is 48.4 Å². The number of nitrogens with zero attached hydrogens (tertiary/aromatic N) is 2. The van der Waals surface area contributed by atoms with E-state index >= 15 is 0 Å². The molecular formula is C19H17Cl2N2NaO4S. The molecule has 0 aliphatic rings. The Morgan fingerprint density at radius 3 is 2.31 bits per heavy atom. The van der Waals surface area contributed by atoms with Gasteiger partial charge >= 0.3 is 39.7 Å². The average molecular weight is 463 g/mol. The van der Waals surface area contributed by atoms with Gasteiger partial charge in [-0.15, -0.1) is 0 Å². The summed E-state index contributed by atoms with van der Waals surface area (Å²) < 4.78 is 31.9. The van der Waals surface area contributed by atoms with Crippen molar-refractivity contribution in [3.05, 3.63) is 74.9 Å². The molecule has 3 rings (SSSR count). The van der Waals surface area contributed by atoms with Crippen LogP contribution in [0.3, 0.4) is 0 Å². The average Bonchev–Trinajstić information content (AvgIpc) is 2.87. The fourth-order valence-electron chi connectivity index (χ4n) is 2.66. The van der Waals surface area contributed by atoms with Crippen molar-refractivity contribution in [3.8, 4) is 5.88 Å². The molecule has 0 fully saturated rings. The van der Waals surface area contributed by atoms with Gasteiger partial charge in [0.2, 0.25) is 11.7 Å². The summed E-state index contributed by atoms with van der Waals surface area (Å²) in [5.74, 6) is -0.699. The molecule has 10 heteroatoms. The molecule has 1 aromatic heterocycles. The van der Waals surface area contributed by atoms with Crippen molar-refractivity contribution in [2.45, 2.75) is 18.7 Å². The number of aromatic nitrogens is 2. The van der Waals surface area contributed by atoms with Crippen LogP contribution in [-0.4, -0.2) is 24.0 Å². The molecule has 0 saturated carbocycles. The van der Waals surface area contributed by atoms with Crippen LogP contribution in [0.15, 0.2) is 47.4 Å². The smallest absolute Gasteiger partial charge is 1.00 e. The maximum Gasteiger partial charge on any atom is 1.00 e. The van der Waals surface area contributed by atoms with E-state index in [1.54, 1.807) is 19.1 Å². The Bertz CT molecular complexity index is 1180. The van der Waals surface area contributed by atoms with E-state index in [9.17, 15) is 13.2 Å². The first-order valence-corrected chi connectivity index (χ1v) is 10.3. The summed E-state index contributed by atoms with van der Waals surface area (Å²) in [6, 6.07) is 10.6. The van der Waals surface area contributed by atoms with Crippen molar-refractivity contribution in [1.82, 2.24) is 9.78 Å². The summed E-state index contributed by atoms with van der Waals surface area (Å²) in [6.45, 7) is 3.43. The van der Waals surface area contributed by atoms with Crippen LogP contribution >= 0.6 is 23.2 Å². The third-order valence-electron chi connectivity index (χ3n) is 4.07. The Morgan fingerprint density at radius 1 is 1.10 bits per heavy atom. The van der Waals surface area contributed by atoms with Crippen LogP contribution < -0.4 is 33.7 Å². The molecule has 0 N–H and O–H groups in total. The summed E-state index contributed by atoms with van der Waals surface area (Å²) in [7, 11) is -2.67. The van der Waals surface area contributed by atoms with Crippen LogP contribution in [0.1, 0.15) is 28.6 Å². The van der Waals surface area contributed by atoms with Gasteiger partial charge in [-0.25, -0.2) is 4.68 Å². The monoisotopic (exact) mass is 462 g/mol. The predicted molar refractivity (Wildman–Crippen MR) is 108 cm³/mol. The second-order valence-electron chi connectivity index (χ2n) is 6.19. The van der Waals surface area contributed by atoms with E-state index in [0.29, 0.717) is 10.7 Å². The van der Waals surface area contributed by atoms with Gasteiger partial charge in [0, 0.05) is 17.6 Å². The second kappa shape index (κ2) is 9.20. The van der Waals surface area contributed by atoms with E-state index in [1.807, 2.05) is 6.92 Å². The van der Waals surface area contributed by atoms with Crippen LogP contribution in [0.25, 0.3) is 0 Å². The molecule has 3 aromatic rings. The third kappa shape index (κ3) is 5.05. The molecule has 0 aliphatic heterocycles. The van der Waals surface area contributed by atoms with Crippen LogP contribution in [0, 0.1) is 13.8 Å². The van der Waals surface area contributed by atoms with Gasteiger partial charge in [0.05, 0.1) is 10.7 Å². The third-order valence-corrected chi connectivity index (χ3v) is 5.85. The van der Waals surface area contributed by atoms with Crippen LogP contribution in [0.5, 0.6) is 5.88 Å². The van der Waals surface area contributed by atoms with E-state index in [0.717, 1.165) is 5.56 Å². The van der Waals surface area contributed by atoms with Gasteiger partial charge in [0.15, 0.2) is 0 Å². The number of rotatable bonds is 5. The van der Waals surface area contributed by atoms with Crippen molar-refractivity contribution in [2.24, 2.45) is 7.05 Å². The van der Waals surface area contributed by atoms with Gasteiger partial charge in [0.1, 0.15) is 10.5 Å². The first-order chi connectivity index (χ1) is 13.1. The van der Waals surface area contributed by atoms with Crippen molar-refractivity contribution in [3.63, 3.8) is 0 Å². The first kappa shape index (κ1) is 23.9. The van der Waals surface area contributed by atoms with Gasteiger partial charge in [-0.2, -0.15) is 13.5 Å². The summed E-state index contributed by atoms with van der Waals surface area (Å²) in [5, 5.41) is 4.66. The Balaban J connectivity index is 0.00000225. The SMILES string of the molecule is Cc1ccc(S(=O)(=O)Oc2c(C(=O)c3ccc(Cl)cc3Cl)c(C)nn2C)cc1.[H-].[Na+]. The number of carbonyl (C=O) groups excluding carboxylic acids is 1. The molecule has 0 unspecified atom stereocenters. The zero-order valence-corrected chi connectivity index (χ0v) is 20.6. The summed E-state index contributed by atoms with van der Waals surface area (Å²) in [5.41, 5.74) is 1.40. The molecule has 0 aliphatic carbocycles. The molecule has 0 bridgehead atoms. The normalized spacial score (nSPS) is 11.1. The zero-order valence-electron chi connectivity index (χ0n) is 17.2. The van der Waals surface area contributed by atoms with Gasteiger partial charge in [-0.3, -0.25) is 4.79 Å². The zero-order chi connectivity index (χ0) is 20.6.